The summed E-state index contributed by atoms with van der Waals surface area (Å²) >= 11 is 7.65. The van der Waals surface area contributed by atoms with Crippen LogP contribution in [-0.2, 0) is 4.79 Å². The van der Waals surface area contributed by atoms with Gasteiger partial charge in [-0.15, -0.1) is 11.8 Å². The lowest BCUT2D eigenvalue weighted by molar-refractivity contribution is -0.120. The van der Waals surface area contributed by atoms with Gasteiger partial charge in [-0.3, -0.25) is 9.69 Å². The van der Waals surface area contributed by atoms with Crippen LogP contribution in [0.2, 0.25) is 5.02 Å². The fourth-order valence-electron chi connectivity index (χ4n) is 2.89. The van der Waals surface area contributed by atoms with Crippen LogP contribution in [0.15, 0.2) is 47.6 Å². The van der Waals surface area contributed by atoms with Gasteiger partial charge in [-0.25, -0.2) is 9.97 Å². The van der Waals surface area contributed by atoms with Crippen LogP contribution in [0.1, 0.15) is 6.92 Å². The lowest BCUT2D eigenvalue weighted by atomic mass is 10.3. The Morgan fingerprint density at radius 2 is 1.89 bits per heavy atom. The molecule has 6 nitrogen and oxygen atoms in total. The second-order valence-corrected chi connectivity index (χ2v) is 8.15. The Balaban J connectivity index is 1.36. The third kappa shape index (κ3) is 5.82. The number of hydrogen-bond acceptors (Lipinski definition) is 6. The normalized spacial score (nSPS) is 16.1. The van der Waals surface area contributed by atoms with Crippen molar-refractivity contribution in [2.24, 2.45) is 0 Å². The maximum atomic E-state index is 12.3. The van der Waals surface area contributed by atoms with Crippen LogP contribution in [0, 0.1) is 0 Å². The molecule has 1 aliphatic heterocycles. The van der Waals surface area contributed by atoms with Crippen LogP contribution >= 0.6 is 23.4 Å². The number of nitrogens with zero attached hydrogens (tertiary/aromatic N) is 4. The van der Waals surface area contributed by atoms with Crippen molar-refractivity contribution in [3.8, 4) is 0 Å². The molecule has 1 aromatic heterocycles. The fraction of sp³-hybridized carbons (Fsp3) is 0.421. The Hall–Kier alpha value is -1.83. The van der Waals surface area contributed by atoms with E-state index >= 15 is 0 Å². The summed E-state index contributed by atoms with van der Waals surface area (Å²) in [6.07, 6.45) is 3.54. The first-order chi connectivity index (χ1) is 13.1. The molecule has 2 heterocycles. The monoisotopic (exact) mass is 405 g/mol. The van der Waals surface area contributed by atoms with E-state index in [1.165, 1.54) is 11.8 Å². The van der Waals surface area contributed by atoms with E-state index in [9.17, 15) is 4.79 Å². The highest BCUT2D eigenvalue weighted by atomic mass is 35.5. The summed E-state index contributed by atoms with van der Waals surface area (Å²) in [5, 5.41) is 3.53. The second kappa shape index (κ2) is 9.92. The fourth-order valence-corrected chi connectivity index (χ4v) is 4.07. The number of amides is 1. The number of aromatic nitrogens is 2. The summed E-state index contributed by atoms with van der Waals surface area (Å²) in [5.41, 5.74) is 0. The molecular weight excluding hydrogens is 382 g/mol. The highest BCUT2D eigenvalue weighted by Gasteiger charge is 2.19. The Labute approximate surface area is 169 Å². The standard InChI is InChI=1S/C19H24ClN5OS/c1-15(27-17-6-3-2-5-16(17)20)18(26)21-9-10-24-11-13-25(14-12-24)19-22-7-4-8-23-19/h2-8,15H,9-14H2,1H3,(H,21,26). The smallest absolute Gasteiger partial charge is 0.233 e. The van der Waals surface area contributed by atoms with Crippen molar-refractivity contribution in [3.05, 3.63) is 47.7 Å². The molecule has 1 aromatic carbocycles. The lowest BCUT2D eigenvalue weighted by Crippen LogP contribution is -2.49. The van der Waals surface area contributed by atoms with Crippen LogP contribution in [0.3, 0.4) is 0 Å². The van der Waals surface area contributed by atoms with Gasteiger partial charge in [-0.1, -0.05) is 23.7 Å². The largest absolute Gasteiger partial charge is 0.354 e. The zero-order chi connectivity index (χ0) is 19.1. The van der Waals surface area contributed by atoms with Gasteiger partial charge in [0.05, 0.1) is 10.3 Å². The van der Waals surface area contributed by atoms with Gasteiger partial charge in [0, 0.05) is 56.6 Å². The van der Waals surface area contributed by atoms with E-state index in [-0.39, 0.29) is 11.2 Å². The SMILES string of the molecule is CC(Sc1ccccc1Cl)C(=O)NCCN1CCN(c2ncccn2)CC1. The molecule has 0 radical (unpaired) electrons. The van der Waals surface area contributed by atoms with Crippen LogP contribution < -0.4 is 10.2 Å². The van der Waals surface area contributed by atoms with E-state index in [1.54, 1.807) is 12.4 Å². The molecule has 1 saturated heterocycles. The van der Waals surface area contributed by atoms with Crippen molar-refractivity contribution in [3.63, 3.8) is 0 Å². The van der Waals surface area contributed by atoms with Crippen molar-refractivity contribution < 1.29 is 4.79 Å². The highest BCUT2D eigenvalue weighted by Crippen LogP contribution is 2.29. The van der Waals surface area contributed by atoms with E-state index < -0.39 is 0 Å². The molecule has 1 amide bonds. The first-order valence-corrected chi connectivity index (χ1v) is 10.3. The summed E-state index contributed by atoms with van der Waals surface area (Å²) in [5.74, 6) is 0.826. The number of carbonyl (C=O) groups is 1. The average Bonchev–Trinajstić information content (AvgIpc) is 2.71. The molecule has 3 rings (SSSR count). The minimum atomic E-state index is -0.183. The Bertz CT molecular complexity index is 740. The molecule has 1 N–H and O–H groups in total. The van der Waals surface area contributed by atoms with E-state index in [2.05, 4.69) is 25.1 Å². The van der Waals surface area contributed by atoms with Crippen LogP contribution in [-0.4, -0.2) is 65.3 Å². The quantitative estimate of drug-likeness (QED) is 0.714. The third-order valence-electron chi connectivity index (χ3n) is 4.44. The zero-order valence-corrected chi connectivity index (χ0v) is 16.9. The molecule has 1 fully saturated rings. The van der Waals surface area contributed by atoms with Crippen molar-refractivity contribution in [2.45, 2.75) is 17.1 Å². The summed E-state index contributed by atoms with van der Waals surface area (Å²) in [6, 6.07) is 9.43. The van der Waals surface area contributed by atoms with Gasteiger partial charge >= 0.3 is 0 Å². The van der Waals surface area contributed by atoms with Crippen molar-refractivity contribution >= 4 is 35.2 Å². The van der Waals surface area contributed by atoms with Gasteiger partial charge in [-0.2, -0.15) is 0 Å². The number of thioether (sulfide) groups is 1. The first-order valence-electron chi connectivity index (χ1n) is 9.06. The second-order valence-electron chi connectivity index (χ2n) is 6.36. The number of carbonyl (C=O) groups excluding carboxylic acids is 1. The molecule has 1 aliphatic rings. The lowest BCUT2D eigenvalue weighted by Gasteiger charge is -2.34. The van der Waals surface area contributed by atoms with Gasteiger partial charge in [0.1, 0.15) is 0 Å². The number of nitrogens with one attached hydrogen (secondary N) is 1. The summed E-state index contributed by atoms with van der Waals surface area (Å²) in [4.78, 5) is 26.4. The van der Waals surface area contributed by atoms with Gasteiger partial charge < -0.3 is 10.2 Å². The molecule has 0 saturated carbocycles. The Morgan fingerprint density at radius 3 is 2.59 bits per heavy atom. The highest BCUT2D eigenvalue weighted by molar-refractivity contribution is 8.00. The van der Waals surface area contributed by atoms with Crippen molar-refractivity contribution in [2.75, 3.05) is 44.2 Å². The number of benzene rings is 1. The Kier molecular flexibility index (Phi) is 7.32. The van der Waals surface area contributed by atoms with Gasteiger partial charge in [0.2, 0.25) is 11.9 Å². The van der Waals surface area contributed by atoms with Crippen molar-refractivity contribution in [1.82, 2.24) is 20.2 Å². The topological polar surface area (TPSA) is 61.4 Å². The number of rotatable bonds is 7. The number of hydrogen-bond donors (Lipinski definition) is 1. The molecule has 0 spiro atoms. The van der Waals surface area contributed by atoms with Crippen molar-refractivity contribution in [1.29, 1.82) is 0 Å². The van der Waals surface area contributed by atoms with E-state index in [4.69, 9.17) is 11.6 Å². The maximum Gasteiger partial charge on any atom is 0.233 e. The first kappa shape index (κ1) is 19.9. The molecule has 144 valence electrons. The molecule has 0 aliphatic carbocycles. The molecule has 2 aromatic rings. The van der Waals surface area contributed by atoms with E-state index in [1.807, 2.05) is 37.3 Å². The minimum absolute atomic E-state index is 0.0382. The molecule has 8 heteroatoms. The number of anilines is 1. The summed E-state index contributed by atoms with van der Waals surface area (Å²) < 4.78 is 0. The van der Waals surface area contributed by atoms with Crippen LogP contribution in [0.5, 0.6) is 0 Å². The zero-order valence-electron chi connectivity index (χ0n) is 15.3. The van der Waals surface area contributed by atoms with E-state index in [0.29, 0.717) is 11.6 Å². The maximum absolute atomic E-state index is 12.3. The average molecular weight is 406 g/mol. The predicted molar refractivity (Wildman–Crippen MR) is 110 cm³/mol. The minimum Gasteiger partial charge on any atom is -0.354 e. The molecule has 1 unspecified atom stereocenters. The molecule has 27 heavy (non-hydrogen) atoms. The van der Waals surface area contributed by atoms with E-state index in [0.717, 1.165) is 43.6 Å². The predicted octanol–water partition coefficient (Wildman–Crippen LogP) is 2.55. The third-order valence-corrected chi connectivity index (χ3v) is 6.06. The molecule has 1 atom stereocenters. The molecule has 0 bridgehead atoms. The summed E-state index contributed by atoms with van der Waals surface area (Å²) in [6.45, 7) is 7.08. The van der Waals surface area contributed by atoms with Crippen LogP contribution in [0.25, 0.3) is 0 Å². The Morgan fingerprint density at radius 1 is 1.19 bits per heavy atom. The van der Waals surface area contributed by atoms with Crippen LogP contribution in [0.4, 0.5) is 5.95 Å². The number of halogens is 1. The number of piperazine rings is 1. The summed E-state index contributed by atoms with van der Waals surface area (Å²) in [7, 11) is 0. The molecular formula is C19H24ClN5OS. The van der Waals surface area contributed by atoms with Gasteiger partial charge in [0.25, 0.3) is 0 Å². The van der Waals surface area contributed by atoms with Gasteiger partial charge in [0.15, 0.2) is 0 Å². The van der Waals surface area contributed by atoms with Gasteiger partial charge in [-0.05, 0) is 25.1 Å².